The molecule has 0 radical (unpaired) electrons. The lowest BCUT2D eigenvalue weighted by molar-refractivity contribution is -0.116. The number of rotatable bonds is 8. The van der Waals surface area contributed by atoms with Crippen molar-refractivity contribution in [2.45, 2.75) is 13.0 Å². The number of para-hydroxylation sites is 1. The van der Waals surface area contributed by atoms with Gasteiger partial charge in [-0.3, -0.25) is 14.2 Å². The first-order chi connectivity index (χ1) is 17.6. The molecule has 2 aromatic carbocycles. The second kappa shape index (κ2) is 10.4. The minimum absolute atomic E-state index is 0.146. The van der Waals surface area contributed by atoms with E-state index in [2.05, 4.69) is 35.9 Å². The standard InChI is InChI=1S/C26H22N8O2/c35-25(12-14-34-17-30-21-6-2-1-5-20(21)26(34)36)32-19-10-8-18(9-11-19)31-23-15-24(29-16-28-23)33-22-7-3-4-13-27-22/h1-11,13,15-17H,12,14H2,(H,32,35)(H2,27,28,29,31,33). The van der Waals surface area contributed by atoms with Gasteiger partial charge in [0, 0.05) is 36.6 Å². The predicted molar refractivity (Wildman–Crippen MR) is 139 cm³/mol. The van der Waals surface area contributed by atoms with Gasteiger partial charge in [-0.15, -0.1) is 0 Å². The molecule has 0 aliphatic heterocycles. The van der Waals surface area contributed by atoms with Crippen molar-refractivity contribution in [2.24, 2.45) is 0 Å². The van der Waals surface area contributed by atoms with Gasteiger partial charge in [-0.1, -0.05) is 18.2 Å². The summed E-state index contributed by atoms with van der Waals surface area (Å²) in [5, 5.41) is 9.72. The van der Waals surface area contributed by atoms with Gasteiger partial charge in [-0.05, 0) is 48.5 Å². The Bertz CT molecular complexity index is 1550. The van der Waals surface area contributed by atoms with Crippen molar-refractivity contribution < 1.29 is 4.79 Å². The number of pyridine rings is 1. The highest BCUT2D eigenvalue weighted by Gasteiger charge is 2.07. The SMILES string of the molecule is O=C(CCn1cnc2ccccc2c1=O)Nc1ccc(Nc2cc(Nc3ccccn3)ncn2)cc1. The number of aromatic nitrogens is 5. The smallest absolute Gasteiger partial charge is 0.261 e. The number of nitrogens with zero attached hydrogens (tertiary/aromatic N) is 5. The number of carbonyl (C=O) groups is 1. The number of aryl methyl sites for hydroxylation is 1. The third-order valence-corrected chi connectivity index (χ3v) is 5.34. The van der Waals surface area contributed by atoms with Crippen LogP contribution in [-0.2, 0) is 11.3 Å². The van der Waals surface area contributed by atoms with Crippen LogP contribution in [0.25, 0.3) is 10.9 Å². The van der Waals surface area contributed by atoms with E-state index < -0.39 is 0 Å². The highest BCUT2D eigenvalue weighted by molar-refractivity contribution is 5.90. The predicted octanol–water partition coefficient (Wildman–Crippen LogP) is 4.10. The van der Waals surface area contributed by atoms with Gasteiger partial charge in [0.15, 0.2) is 0 Å². The van der Waals surface area contributed by atoms with Crippen LogP contribution in [0.3, 0.4) is 0 Å². The van der Waals surface area contributed by atoms with Gasteiger partial charge in [-0.25, -0.2) is 19.9 Å². The van der Waals surface area contributed by atoms with Crippen molar-refractivity contribution in [1.29, 1.82) is 0 Å². The average Bonchev–Trinajstić information content (AvgIpc) is 2.90. The highest BCUT2D eigenvalue weighted by Crippen LogP contribution is 2.20. The van der Waals surface area contributed by atoms with Gasteiger partial charge in [-0.2, -0.15) is 0 Å². The lowest BCUT2D eigenvalue weighted by Crippen LogP contribution is -2.23. The van der Waals surface area contributed by atoms with E-state index in [1.54, 1.807) is 42.6 Å². The van der Waals surface area contributed by atoms with E-state index in [-0.39, 0.29) is 24.4 Å². The summed E-state index contributed by atoms with van der Waals surface area (Å²) < 4.78 is 1.45. The molecule has 1 amide bonds. The van der Waals surface area contributed by atoms with Crippen LogP contribution in [0.4, 0.5) is 28.8 Å². The maximum atomic E-state index is 12.6. The quantitative estimate of drug-likeness (QED) is 0.304. The number of fused-ring (bicyclic) bond motifs is 1. The summed E-state index contributed by atoms with van der Waals surface area (Å²) in [4.78, 5) is 42.0. The number of hydrogen-bond acceptors (Lipinski definition) is 8. The van der Waals surface area contributed by atoms with Crippen molar-refractivity contribution in [2.75, 3.05) is 16.0 Å². The van der Waals surface area contributed by atoms with Gasteiger partial charge in [0.2, 0.25) is 5.91 Å². The number of hydrogen-bond donors (Lipinski definition) is 3. The number of anilines is 5. The number of amides is 1. The fourth-order valence-electron chi connectivity index (χ4n) is 3.56. The van der Waals surface area contributed by atoms with E-state index in [4.69, 9.17) is 0 Å². The summed E-state index contributed by atoms with van der Waals surface area (Å²) in [6.45, 7) is 0.241. The molecule has 36 heavy (non-hydrogen) atoms. The first-order valence-electron chi connectivity index (χ1n) is 11.3. The van der Waals surface area contributed by atoms with Crippen LogP contribution in [0.5, 0.6) is 0 Å². The molecule has 3 heterocycles. The second-order valence-electron chi connectivity index (χ2n) is 7.89. The first kappa shape index (κ1) is 22.7. The lowest BCUT2D eigenvalue weighted by atomic mass is 10.2. The molecule has 0 saturated carbocycles. The molecule has 0 aliphatic carbocycles. The molecule has 5 aromatic rings. The minimum Gasteiger partial charge on any atom is -0.340 e. The summed E-state index contributed by atoms with van der Waals surface area (Å²) in [6, 6.07) is 21.7. The van der Waals surface area contributed by atoms with E-state index in [0.29, 0.717) is 34.0 Å². The van der Waals surface area contributed by atoms with Gasteiger partial charge < -0.3 is 16.0 Å². The molecule has 0 spiro atoms. The van der Waals surface area contributed by atoms with Crippen molar-refractivity contribution >= 4 is 45.6 Å². The fraction of sp³-hybridized carbons (Fsp3) is 0.0769. The van der Waals surface area contributed by atoms with E-state index in [1.807, 2.05) is 36.4 Å². The van der Waals surface area contributed by atoms with Crippen LogP contribution in [0.2, 0.25) is 0 Å². The summed E-state index contributed by atoms with van der Waals surface area (Å²) in [5.41, 5.74) is 1.92. The van der Waals surface area contributed by atoms with Crippen LogP contribution in [-0.4, -0.2) is 30.4 Å². The minimum atomic E-state index is -0.197. The number of carbonyl (C=O) groups excluding carboxylic acids is 1. The summed E-state index contributed by atoms with van der Waals surface area (Å²) in [7, 11) is 0. The number of nitrogens with one attached hydrogen (secondary N) is 3. The average molecular weight is 479 g/mol. The molecular formula is C26H22N8O2. The first-order valence-corrected chi connectivity index (χ1v) is 11.3. The summed E-state index contributed by atoms with van der Waals surface area (Å²) >= 11 is 0. The Morgan fingerprint density at radius 2 is 1.53 bits per heavy atom. The van der Waals surface area contributed by atoms with E-state index in [9.17, 15) is 9.59 Å². The Morgan fingerprint density at radius 1 is 0.778 bits per heavy atom. The van der Waals surface area contributed by atoms with Crippen molar-refractivity contribution in [3.05, 3.63) is 102 Å². The van der Waals surface area contributed by atoms with Crippen molar-refractivity contribution in [3.8, 4) is 0 Å². The van der Waals surface area contributed by atoms with Crippen molar-refractivity contribution in [3.63, 3.8) is 0 Å². The maximum absolute atomic E-state index is 12.6. The maximum Gasteiger partial charge on any atom is 0.261 e. The molecule has 0 fully saturated rings. The normalized spacial score (nSPS) is 10.7. The van der Waals surface area contributed by atoms with Crippen LogP contribution in [0.15, 0.2) is 96.4 Å². The second-order valence-corrected chi connectivity index (χ2v) is 7.89. The molecule has 5 rings (SSSR count). The van der Waals surface area contributed by atoms with Crippen LogP contribution in [0.1, 0.15) is 6.42 Å². The summed E-state index contributed by atoms with van der Waals surface area (Å²) in [6.07, 6.45) is 4.78. The molecule has 0 atom stereocenters. The molecule has 178 valence electrons. The zero-order valence-electron chi connectivity index (χ0n) is 19.1. The third-order valence-electron chi connectivity index (χ3n) is 5.34. The monoisotopic (exact) mass is 478 g/mol. The Morgan fingerprint density at radius 3 is 2.33 bits per heavy atom. The van der Waals surface area contributed by atoms with Crippen LogP contribution < -0.4 is 21.5 Å². The lowest BCUT2D eigenvalue weighted by Gasteiger charge is -2.10. The highest BCUT2D eigenvalue weighted by atomic mass is 16.2. The van der Waals surface area contributed by atoms with E-state index >= 15 is 0 Å². The van der Waals surface area contributed by atoms with E-state index in [0.717, 1.165) is 5.69 Å². The topological polar surface area (TPSA) is 127 Å². The molecule has 3 N–H and O–H groups in total. The van der Waals surface area contributed by atoms with Gasteiger partial charge in [0.1, 0.15) is 23.8 Å². The van der Waals surface area contributed by atoms with Crippen LogP contribution in [0, 0.1) is 0 Å². The fourth-order valence-corrected chi connectivity index (χ4v) is 3.56. The Balaban J connectivity index is 1.16. The Kier molecular flexibility index (Phi) is 6.57. The van der Waals surface area contributed by atoms with Crippen molar-refractivity contribution in [1.82, 2.24) is 24.5 Å². The molecule has 0 unspecified atom stereocenters. The molecule has 10 nitrogen and oxygen atoms in total. The van der Waals surface area contributed by atoms with Crippen LogP contribution >= 0.6 is 0 Å². The molecule has 3 aromatic heterocycles. The van der Waals surface area contributed by atoms with E-state index in [1.165, 1.54) is 17.2 Å². The molecule has 0 saturated heterocycles. The zero-order chi connectivity index (χ0) is 24.7. The molecule has 10 heteroatoms. The van der Waals surface area contributed by atoms with Gasteiger partial charge in [0.05, 0.1) is 17.2 Å². The zero-order valence-corrected chi connectivity index (χ0v) is 19.1. The molecular weight excluding hydrogens is 456 g/mol. The molecule has 0 aliphatic rings. The largest absolute Gasteiger partial charge is 0.340 e. The third kappa shape index (κ3) is 5.50. The van der Waals surface area contributed by atoms with Gasteiger partial charge >= 0.3 is 0 Å². The number of benzene rings is 2. The molecule has 0 bridgehead atoms. The summed E-state index contributed by atoms with van der Waals surface area (Å²) in [5.74, 6) is 1.70. The Hall–Kier alpha value is -5.12. The Labute approximate surface area is 206 Å². The van der Waals surface area contributed by atoms with Gasteiger partial charge in [0.25, 0.3) is 5.56 Å².